The van der Waals surface area contributed by atoms with E-state index in [4.69, 9.17) is 4.74 Å². The third-order valence-electron chi connectivity index (χ3n) is 2.34. The van der Waals surface area contributed by atoms with Crippen molar-refractivity contribution < 1.29 is 9.94 Å². The molecule has 1 unspecified atom stereocenters. The Morgan fingerprint density at radius 3 is 3.00 bits per heavy atom. The molecular formula is C9H19NO2. The number of hydrogen-bond donors (Lipinski definition) is 1. The second-order valence-corrected chi connectivity index (χ2v) is 3.39. The smallest absolute Gasteiger partial charge is 0.0645 e. The minimum absolute atomic E-state index is 0.241. The Morgan fingerprint density at radius 2 is 2.33 bits per heavy atom. The molecule has 1 aliphatic rings. The number of unbranched alkanes of at least 4 members (excludes halogenated alkanes) is 2. The molecule has 0 aliphatic carbocycles. The molecular weight excluding hydrogens is 154 g/mol. The molecule has 0 radical (unpaired) electrons. The highest BCUT2D eigenvalue weighted by molar-refractivity contribution is 4.68. The molecule has 1 heterocycles. The first-order chi connectivity index (χ1) is 5.84. The van der Waals surface area contributed by atoms with Gasteiger partial charge in [0.15, 0.2) is 0 Å². The zero-order valence-corrected chi connectivity index (χ0v) is 7.83. The first-order valence-corrected chi connectivity index (χ1v) is 4.88. The van der Waals surface area contributed by atoms with Crippen molar-refractivity contribution in [1.29, 1.82) is 0 Å². The summed E-state index contributed by atoms with van der Waals surface area (Å²) < 4.78 is 5.28. The molecule has 0 aromatic heterocycles. The van der Waals surface area contributed by atoms with Gasteiger partial charge in [0.05, 0.1) is 19.3 Å². The Kier molecular flexibility index (Phi) is 4.58. The average molecular weight is 173 g/mol. The molecule has 0 bridgehead atoms. The van der Waals surface area contributed by atoms with Gasteiger partial charge in [-0.15, -0.1) is 0 Å². The fourth-order valence-corrected chi connectivity index (χ4v) is 1.51. The summed E-state index contributed by atoms with van der Waals surface area (Å²) in [6, 6.07) is 0.241. The molecule has 0 aromatic carbocycles. The summed E-state index contributed by atoms with van der Waals surface area (Å²) in [7, 11) is 0. The van der Waals surface area contributed by atoms with Gasteiger partial charge >= 0.3 is 0 Å². The molecule has 72 valence electrons. The lowest BCUT2D eigenvalue weighted by molar-refractivity contribution is -0.182. The molecule has 0 aromatic rings. The molecule has 3 nitrogen and oxygen atoms in total. The van der Waals surface area contributed by atoms with Gasteiger partial charge in [0.25, 0.3) is 0 Å². The monoisotopic (exact) mass is 173 g/mol. The van der Waals surface area contributed by atoms with Gasteiger partial charge in [0.1, 0.15) is 0 Å². The minimum Gasteiger partial charge on any atom is -0.378 e. The van der Waals surface area contributed by atoms with Crippen molar-refractivity contribution in [3.8, 4) is 0 Å². The van der Waals surface area contributed by atoms with Crippen LogP contribution in [-0.4, -0.2) is 36.1 Å². The van der Waals surface area contributed by atoms with Crippen LogP contribution in [0.5, 0.6) is 0 Å². The number of hydrogen-bond acceptors (Lipinski definition) is 3. The second-order valence-electron chi connectivity index (χ2n) is 3.39. The lowest BCUT2D eigenvalue weighted by atomic mass is 10.1. The topological polar surface area (TPSA) is 32.7 Å². The summed E-state index contributed by atoms with van der Waals surface area (Å²) in [5, 5.41) is 10.9. The molecule has 3 heteroatoms. The van der Waals surface area contributed by atoms with Gasteiger partial charge in [-0.25, -0.2) is 0 Å². The summed E-state index contributed by atoms with van der Waals surface area (Å²) in [5.74, 6) is 0. The molecule has 0 spiro atoms. The molecule has 1 atom stereocenters. The van der Waals surface area contributed by atoms with Crippen molar-refractivity contribution in [2.75, 3.05) is 19.8 Å². The van der Waals surface area contributed by atoms with E-state index in [0.29, 0.717) is 19.8 Å². The summed E-state index contributed by atoms with van der Waals surface area (Å²) in [6.45, 7) is 4.21. The van der Waals surface area contributed by atoms with Crippen LogP contribution in [-0.2, 0) is 4.74 Å². The van der Waals surface area contributed by atoms with Gasteiger partial charge in [-0.3, -0.25) is 0 Å². The zero-order chi connectivity index (χ0) is 8.81. The zero-order valence-electron chi connectivity index (χ0n) is 7.83. The van der Waals surface area contributed by atoms with E-state index in [0.717, 1.165) is 6.42 Å². The van der Waals surface area contributed by atoms with Crippen molar-refractivity contribution in [2.24, 2.45) is 0 Å². The molecule has 12 heavy (non-hydrogen) atoms. The highest BCUT2D eigenvalue weighted by Gasteiger charge is 2.20. The van der Waals surface area contributed by atoms with Crippen molar-refractivity contribution >= 4 is 0 Å². The Hall–Kier alpha value is -0.120. The van der Waals surface area contributed by atoms with E-state index >= 15 is 0 Å². The highest BCUT2D eigenvalue weighted by atomic mass is 16.5. The Balaban J connectivity index is 2.11. The lowest BCUT2D eigenvalue weighted by Crippen LogP contribution is -2.43. The Labute approximate surface area is 74.3 Å². The predicted molar refractivity (Wildman–Crippen MR) is 47.2 cm³/mol. The maximum absolute atomic E-state index is 9.42. The predicted octanol–water partition coefficient (Wildman–Crippen LogP) is 1.66. The van der Waals surface area contributed by atoms with E-state index in [1.807, 2.05) is 0 Å². The van der Waals surface area contributed by atoms with Crippen LogP contribution in [0.2, 0.25) is 0 Å². The fourth-order valence-electron chi connectivity index (χ4n) is 1.51. The third kappa shape index (κ3) is 3.09. The molecule has 1 saturated heterocycles. The average Bonchev–Trinajstić information content (AvgIpc) is 2.09. The summed E-state index contributed by atoms with van der Waals surface area (Å²) in [5.41, 5.74) is 0. The van der Waals surface area contributed by atoms with Gasteiger partial charge in [-0.1, -0.05) is 26.2 Å². The number of morpholine rings is 1. The van der Waals surface area contributed by atoms with Crippen molar-refractivity contribution in [3.63, 3.8) is 0 Å². The van der Waals surface area contributed by atoms with Gasteiger partial charge < -0.3 is 9.94 Å². The Bertz CT molecular complexity index is 119. The van der Waals surface area contributed by atoms with Gasteiger partial charge in [0.2, 0.25) is 0 Å². The molecule has 0 amide bonds. The molecule has 1 aliphatic heterocycles. The van der Waals surface area contributed by atoms with Crippen LogP contribution < -0.4 is 0 Å². The van der Waals surface area contributed by atoms with Crippen molar-refractivity contribution in [2.45, 2.75) is 38.6 Å². The highest BCUT2D eigenvalue weighted by Crippen LogP contribution is 2.11. The van der Waals surface area contributed by atoms with Crippen LogP contribution in [0.3, 0.4) is 0 Å². The largest absolute Gasteiger partial charge is 0.378 e. The number of ether oxygens (including phenoxy) is 1. The fraction of sp³-hybridized carbons (Fsp3) is 1.00. The normalized spacial score (nSPS) is 26.0. The molecule has 0 saturated carbocycles. The van der Waals surface area contributed by atoms with Crippen LogP contribution in [0.15, 0.2) is 0 Å². The van der Waals surface area contributed by atoms with E-state index in [2.05, 4.69) is 6.92 Å². The first-order valence-electron chi connectivity index (χ1n) is 4.88. The van der Waals surface area contributed by atoms with Gasteiger partial charge in [0, 0.05) is 6.54 Å². The quantitative estimate of drug-likeness (QED) is 0.656. The van der Waals surface area contributed by atoms with Crippen molar-refractivity contribution in [3.05, 3.63) is 0 Å². The van der Waals surface area contributed by atoms with Crippen LogP contribution >= 0.6 is 0 Å². The van der Waals surface area contributed by atoms with Crippen molar-refractivity contribution in [1.82, 2.24) is 5.06 Å². The van der Waals surface area contributed by atoms with E-state index in [9.17, 15) is 5.21 Å². The number of rotatable bonds is 4. The van der Waals surface area contributed by atoms with Crippen LogP contribution in [0.25, 0.3) is 0 Å². The minimum atomic E-state index is 0.241. The van der Waals surface area contributed by atoms with Crippen LogP contribution in [0.1, 0.15) is 32.6 Å². The SMILES string of the molecule is CCCCCC1COCCN1O. The Morgan fingerprint density at radius 1 is 1.50 bits per heavy atom. The molecule has 1 N–H and O–H groups in total. The summed E-state index contributed by atoms with van der Waals surface area (Å²) >= 11 is 0. The second kappa shape index (κ2) is 5.51. The van der Waals surface area contributed by atoms with Gasteiger partial charge in [-0.2, -0.15) is 5.06 Å². The number of hydroxylamine groups is 2. The van der Waals surface area contributed by atoms with Crippen LogP contribution in [0.4, 0.5) is 0 Å². The maximum atomic E-state index is 9.42. The third-order valence-corrected chi connectivity index (χ3v) is 2.34. The lowest BCUT2D eigenvalue weighted by Gasteiger charge is -2.30. The maximum Gasteiger partial charge on any atom is 0.0645 e. The molecule has 1 fully saturated rings. The van der Waals surface area contributed by atoms with E-state index in [1.54, 1.807) is 0 Å². The summed E-state index contributed by atoms with van der Waals surface area (Å²) in [4.78, 5) is 0. The number of nitrogens with zero attached hydrogens (tertiary/aromatic N) is 1. The first kappa shape index (κ1) is 9.96. The van der Waals surface area contributed by atoms with E-state index in [1.165, 1.54) is 24.3 Å². The molecule has 1 rings (SSSR count). The van der Waals surface area contributed by atoms with E-state index < -0.39 is 0 Å². The standard InChI is InChI=1S/C9H19NO2/c1-2-3-4-5-9-8-12-7-6-10(9)11/h9,11H,2-8H2,1H3. The van der Waals surface area contributed by atoms with Gasteiger partial charge in [-0.05, 0) is 6.42 Å². The summed E-state index contributed by atoms with van der Waals surface area (Å²) in [6.07, 6.45) is 4.75. The van der Waals surface area contributed by atoms with Crippen LogP contribution in [0, 0.1) is 0 Å². The van der Waals surface area contributed by atoms with E-state index in [-0.39, 0.29) is 6.04 Å².